The van der Waals surface area contributed by atoms with Gasteiger partial charge in [-0.3, -0.25) is 14.5 Å². The highest BCUT2D eigenvalue weighted by atomic mass is 32.1. The van der Waals surface area contributed by atoms with Gasteiger partial charge >= 0.3 is 11.8 Å². The van der Waals surface area contributed by atoms with Gasteiger partial charge in [-0.2, -0.15) is 4.98 Å². The van der Waals surface area contributed by atoms with E-state index in [9.17, 15) is 9.59 Å². The van der Waals surface area contributed by atoms with E-state index in [1.54, 1.807) is 18.2 Å². The van der Waals surface area contributed by atoms with E-state index in [0.717, 1.165) is 4.88 Å². The number of hydrogen-bond donors (Lipinski definition) is 0. The van der Waals surface area contributed by atoms with E-state index < -0.39 is 11.8 Å². The van der Waals surface area contributed by atoms with E-state index in [1.807, 2.05) is 23.6 Å². The van der Waals surface area contributed by atoms with Gasteiger partial charge in [0, 0.05) is 13.1 Å². The number of hydrogen-bond acceptors (Lipinski definition) is 7. The number of thiophene rings is 1. The van der Waals surface area contributed by atoms with Crippen molar-refractivity contribution in [2.75, 3.05) is 25.1 Å². The molecular weight excluding hydrogens is 368 g/mol. The van der Waals surface area contributed by atoms with Crippen molar-refractivity contribution < 1.29 is 18.8 Å². The second kappa shape index (κ2) is 7.20. The molecule has 2 amide bonds. The predicted octanol–water partition coefficient (Wildman–Crippen LogP) is 2.18. The minimum absolute atomic E-state index is 0.0999. The Hall–Kier alpha value is -3.20. The fourth-order valence-electron chi connectivity index (χ4n) is 2.90. The van der Waals surface area contributed by atoms with Gasteiger partial charge in [-0.15, -0.1) is 11.3 Å². The average Bonchev–Trinajstić information content (AvgIpc) is 3.37. The molecule has 0 bridgehead atoms. The maximum atomic E-state index is 12.6. The number of carbonyl (C=O) groups excluding carboxylic acids is 2. The lowest BCUT2D eigenvalue weighted by atomic mass is 10.2. The van der Waals surface area contributed by atoms with Crippen LogP contribution in [0.15, 0.2) is 46.3 Å². The molecule has 3 aromatic rings. The molecule has 0 N–H and O–H groups in total. The molecule has 1 aliphatic heterocycles. The van der Waals surface area contributed by atoms with Crippen LogP contribution >= 0.6 is 11.3 Å². The van der Waals surface area contributed by atoms with Crippen LogP contribution in [0.2, 0.25) is 0 Å². The second-order valence-corrected chi connectivity index (χ2v) is 6.79. The van der Waals surface area contributed by atoms with E-state index in [1.165, 1.54) is 28.2 Å². The maximum Gasteiger partial charge on any atom is 0.316 e. The first-order valence-corrected chi connectivity index (χ1v) is 9.15. The van der Waals surface area contributed by atoms with Gasteiger partial charge in [0.25, 0.3) is 0 Å². The molecule has 3 heterocycles. The quantitative estimate of drug-likeness (QED) is 0.627. The van der Waals surface area contributed by atoms with Gasteiger partial charge in [0.05, 0.1) is 17.7 Å². The summed E-state index contributed by atoms with van der Waals surface area (Å²) in [6, 6.07) is 10.9. The summed E-state index contributed by atoms with van der Waals surface area (Å²) >= 11 is 1.50. The van der Waals surface area contributed by atoms with Crippen molar-refractivity contribution in [3.05, 3.63) is 47.7 Å². The Kier molecular flexibility index (Phi) is 4.59. The van der Waals surface area contributed by atoms with Crippen molar-refractivity contribution in [2.24, 2.45) is 0 Å². The Bertz CT molecular complexity index is 969. The number of anilines is 1. The third kappa shape index (κ3) is 3.28. The fourth-order valence-corrected chi connectivity index (χ4v) is 3.55. The van der Waals surface area contributed by atoms with Gasteiger partial charge in [0.2, 0.25) is 11.7 Å². The first-order chi connectivity index (χ1) is 13.2. The predicted molar refractivity (Wildman–Crippen MR) is 98.4 cm³/mol. The number of nitrogens with zero attached hydrogens (tertiary/aromatic N) is 4. The fraction of sp³-hybridized carbons (Fsp3) is 0.222. The van der Waals surface area contributed by atoms with Crippen molar-refractivity contribution in [3.8, 4) is 16.5 Å². The average molecular weight is 384 g/mol. The normalized spacial score (nSPS) is 14.7. The van der Waals surface area contributed by atoms with Crippen molar-refractivity contribution >= 4 is 28.8 Å². The third-order valence-corrected chi connectivity index (χ3v) is 5.09. The van der Waals surface area contributed by atoms with E-state index in [2.05, 4.69) is 10.1 Å². The smallest absolute Gasteiger partial charge is 0.316 e. The van der Waals surface area contributed by atoms with Crippen LogP contribution in [-0.2, 0) is 16.1 Å². The zero-order valence-electron chi connectivity index (χ0n) is 14.5. The van der Waals surface area contributed by atoms with Gasteiger partial charge in [-0.1, -0.05) is 23.4 Å². The number of para-hydroxylation sites is 2. The molecule has 1 fully saturated rings. The summed E-state index contributed by atoms with van der Waals surface area (Å²) in [5.41, 5.74) is 0.579. The van der Waals surface area contributed by atoms with E-state index >= 15 is 0 Å². The summed E-state index contributed by atoms with van der Waals surface area (Å²) in [5.74, 6) is 0.105. The molecule has 0 spiro atoms. The van der Waals surface area contributed by atoms with Crippen molar-refractivity contribution in [1.82, 2.24) is 15.0 Å². The minimum Gasteiger partial charge on any atom is -0.495 e. The van der Waals surface area contributed by atoms with E-state index in [4.69, 9.17) is 9.26 Å². The number of piperazine rings is 1. The Morgan fingerprint density at radius 1 is 1.15 bits per heavy atom. The molecule has 9 heteroatoms. The molecule has 0 unspecified atom stereocenters. The molecule has 0 saturated carbocycles. The number of carbonyl (C=O) groups is 2. The highest BCUT2D eigenvalue weighted by Gasteiger charge is 2.35. The lowest BCUT2D eigenvalue weighted by Gasteiger charge is -2.33. The number of rotatable bonds is 5. The van der Waals surface area contributed by atoms with Crippen LogP contribution in [0.25, 0.3) is 10.7 Å². The largest absolute Gasteiger partial charge is 0.495 e. The molecule has 1 aliphatic rings. The Morgan fingerprint density at radius 3 is 2.78 bits per heavy atom. The molecule has 4 rings (SSSR count). The third-order valence-electron chi connectivity index (χ3n) is 4.22. The van der Waals surface area contributed by atoms with Crippen molar-refractivity contribution in [2.45, 2.75) is 6.54 Å². The van der Waals surface area contributed by atoms with Crippen molar-refractivity contribution in [1.29, 1.82) is 0 Å². The SMILES string of the molecule is COc1ccccc1N1CCN(Cc2nc(-c3cccs3)no2)C(=O)C1=O. The molecule has 1 aromatic carbocycles. The van der Waals surface area contributed by atoms with Crippen LogP contribution in [0.5, 0.6) is 5.75 Å². The van der Waals surface area contributed by atoms with Gasteiger partial charge in [-0.05, 0) is 23.6 Å². The molecule has 0 radical (unpaired) electrons. The second-order valence-electron chi connectivity index (χ2n) is 5.84. The summed E-state index contributed by atoms with van der Waals surface area (Å²) in [6.07, 6.45) is 0. The van der Waals surface area contributed by atoms with Gasteiger partial charge < -0.3 is 14.2 Å². The zero-order valence-corrected chi connectivity index (χ0v) is 15.3. The van der Waals surface area contributed by atoms with Crippen LogP contribution in [0.1, 0.15) is 5.89 Å². The number of aromatic nitrogens is 2. The van der Waals surface area contributed by atoms with E-state index in [-0.39, 0.29) is 6.54 Å². The number of benzene rings is 1. The molecule has 0 atom stereocenters. The van der Waals surface area contributed by atoms with E-state index in [0.29, 0.717) is 36.2 Å². The van der Waals surface area contributed by atoms with Crippen LogP contribution in [0.4, 0.5) is 5.69 Å². The van der Waals surface area contributed by atoms with Crippen LogP contribution in [0.3, 0.4) is 0 Å². The number of amides is 2. The van der Waals surface area contributed by atoms with Gasteiger partial charge in [-0.25, -0.2) is 0 Å². The Morgan fingerprint density at radius 2 is 2.00 bits per heavy atom. The highest BCUT2D eigenvalue weighted by Crippen LogP contribution is 2.29. The minimum atomic E-state index is -0.608. The highest BCUT2D eigenvalue weighted by molar-refractivity contribution is 7.13. The first kappa shape index (κ1) is 17.2. The summed E-state index contributed by atoms with van der Waals surface area (Å²) in [4.78, 5) is 33.2. The van der Waals surface area contributed by atoms with Gasteiger partial charge in [0.1, 0.15) is 12.3 Å². The number of methoxy groups -OCH3 is 1. The van der Waals surface area contributed by atoms with Crippen molar-refractivity contribution in [3.63, 3.8) is 0 Å². The topological polar surface area (TPSA) is 88.8 Å². The summed E-state index contributed by atoms with van der Waals surface area (Å²) in [5, 5.41) is 5.85. The zero-order chi connectivity index (χ0) is 18.8. The number of ether oxygens (including phenoxy) is 1. The molecule has 27 heavy (non-hydrogen) atoms. The lowest BCUT2D eigenvalue weighted by molar-refractivity contribution is -0.146. The molecule has 2 aromatic heterocycles. The van der Waals surface area contributed by atoms with Crippen LogP contribution in [0, 0.1) is 0 Å². The van der Waals surface area contributed by atoms with Crippen LogP contribution in [-0.4, -0.2) is 47.1 Å². The summed E-state index contributed by atoms with van der Waals surface area (Å²) < 4.78 is 10.5. The summed E-state index contributed by atoms with van der Waals surface area (Å²) in [7, 11) is 1.53. The maximum absolute atomic E-state index is 12.6. The summed E-state index contributed by atoms with van der Waals surface area (Å²) in [6.45, 7) is 0.818. The first-order valence-electron chi connectivity index (χ1n) is 8.27. The molecule has 138 valence electrons. The molecule has 0 aliphatic carbocycles. The molecule has 1 saturated heterocycles. The monoisotopic (exact) mass is 384 g/mol. The standard InChI is InChI=1S/C18H16N4O4S/c1-25-13-6-3-2-5-12(13)22-9-8-21(17(23)18(22)24)11-15-19-16(20-26-15)14-7-4-10-27-14/h2-7,10H,8-9,11H2,1H3. The Labute approximate surface area is 159 Å². The molecular formula is C18H16N4O4S. The molecule has 8 nitrogen and oxygen atoms in total. The van der Waals surface area contributed by atoms with Crippen LogP contribution < -0.4 is 9.64 Å². The Balaban J connectivity index is 1.48. The lowest BCUT2D eigenvalue weighted by Crippen LogP contribution is -2.54. The van der Waals surface area contributed by atoms with Gasteiger partial charge in [0.15, 0.2) is 0 Å².